The fourth-order valence-electron chi connectivity index (χ4n) is 1.59. The summed E-state index contributed by atoms with van der Waals surface area (Å²) in [5.41, 5.74) is 0. The van der Waals surface area contributed by atoms with Gasteiger partial charge in [0.1, 0.15) is 17.6 Å². The van der Waals surface area contributed by atoms with Crippen molar-refractivity contribution < 1.29 is 21.6 Å². The van der Waals surface area contributed by atoms with Gasteiger partial charge in [-0.05, 0) is 18.6 Å². The summed E-state index contributed by atoms with van der Waals surface area (Å²) in [4.78, 5) is 2.78. The van der Waals surface area contributed by atoms with Crippen LogP contribution >= 0.6 is 0 Å². The summed E-state index contributed by atoms with van der Waals surface area (Å²) in [6.07, 6.45) is 3.16. The van der Waals surface area contributed by atoms with E-state index in [-0.39, 0.29) is 6.54 Å². The largest absolute Gasteiger partial charge is 0.253 e. The zero-order chi connectivity index (χ0) is 15.5. The predicted octanol–water partition coefficient (Wildman–Crippen LogP) is 1.06. The van der Waals surface area contributed by atoms with Crippen molar-refractivity contribution in [2.45, 2.75) is 17.9 Å². The zero-order valence-electron chi connectivity index (χ0n) is 10.6. The lowest BCUT2D eigenvalue weighted by molar-refractivity contribution is 0.431. The molecule has 0 spiro atoms. The van der Waals surface area contributed by atoms with Crippen LogP contribution in [0.2, 0.25) is 0 Å². The van der Waals surface area contributed by atoms with E-state index in [4.69, 9.17) is 0 Å². The average Bonchev–Trinajstić information content (AvgIpc) is 2.94. The van der Waals surface area contributed by atoms with Gasteiger partial charge in [-0.2, -0.15) is 5.10 Å². The molecule has 1 N–H and O–H groups in total. The Morgan fingerprint density at radius 3 is 2.62 bits per heavy atom. The minimum atomic E-state index is -4.25. The van der Waals surface area contributed by atoms with E-state index in [0.717, 1.165) is 0 Å². The molecule has 0 aliphatic rings. The standard InChI is InChI=1S/C11H11F3N4O2S/c12-8-2-3-9(11(14)10(8)13)21(19,20)17-4-1-5-18-7-15-6-16-18/h2-3,6-7,17H,1,4-5H2. The topological polar surface area (TPSA) is 76.9 Å². The molecule has 1 aromatic carbocycles. The number of hydrogen-bond acceptors (Lipinski definition) is 4. The van der Waals surface area contributed by atoms with Crippen molar-refractivity contribution >= 4 is 10.0 Å². The van der Waals surface area contributed by atoms with Crippen LogP contribution in [0.15, 0.2) is 29.7 Å². The van der Waals surface area contributed by atoms with E-state index >= 15 is 0 Å². The SMILES string of the molecule is O=S(=O)(NCCCn1cncn1)c1ccc(F)c(F)c1F. The molecule has 1 aromatic heterocycles. The fourth-order valence-corrected chi connectivity index (χ4v) is 2.73. The molecule has 10 heteroatoms. The summed E-state index contributed by atoms with van der Waals surface area (Å²) in [7, 11) is -4.25. The number of halogens is 3. The summed E-state index contributed by atoms with van der Waals surface area (Å²) >= 11 is 0. The second kappa shape index (κ2) is 6.22. The van der Waals surface area contributed by atoms with Crippen molar-refractivity contribution in [1.82, 2.24) is 19.5 Å². The molecule has 0 atom stereocenters. The van der Waals surface area contributed by atoms with E-state index in [9.17, 15) is 21.6 Å². The Balaban J connectivity index is 2.00. The highest BCUT2D eigenvalue weighted by Gasteiger charge is 2.23. The van der Waals surface area contributed by atoms with Crippen LogP contribution in [0, 0.1) is 17.5 Å². The van der Waals surface area contributed by atoms with Crippen molar-refractivity contribution in [3.05, 3.63) is 42.2 Å². The molecule has 0 saturated carbocycles. The Kier molecular flexibility index (Phi) is 4.58. The van der Waals surface area contributed by atoms with Crippen LogP contribution in [-0.2, 0) is 16.6 Å². The van der Waals surface area contributed by atoms with Crippen molar-refractivity contribution in [2.24, 2.45) is 0 Å². The smallest absolute Gasteiger partial charge is 0.243 e. The molecule has 0 radical (unpaired) electrons. The molecule has 0 aliphatic carbocycles. The van der Waals surface area contributed by atoms with Gasteiger partial charge in [-0.3, -0.25) is 4.68 Å². The maximum absolute atomic E-state index is 13.4. The molecule has 2 aromatic rings. The lowest BCUT2D eigenvalue weighted by Crippen LogP contribution is -2.27. The maximum atomic E-state index is 13.4. The number of hydrogen-bond donors (Lipinski definition) is 1. The van der Waals surface area contributed by atoms with Gasteiger partial charge in [0.25, 0.3) is 0 Å². The first kappa shape index (κ1) is 15.4. The Morgan fingerprint density at radius 1 is 1.19 bits per heavy atom. The average molecular weight is 320 g/mol. The monoisotopic (exact) mass is 320 g/mol. The number of nitrogens with one attached hydrogen (secondary N) is 1. The lowest BCUT2D eigenvalue weighted by Gasteiger charge is -2.08. The lowest BCUT2D eigenvalue weighted by atomic mass is 10.3. The van der Waals surface area contributed by atoms with Gasteiger partial charge in [-0.15, -0.1) is 0 Å². The Morgan fingerprint density at radius 2 is 1.95 bits per heavy atom. The molecule has 0 saturated heterocycles. The Hall–Kier alpha value is -1.94. The van der Waals surface area contributed by atoms with E-state index in [2.05, 4.69) is 14.8 Å². The molecule has 21 heavy (non-hydrogen) atoms. The van der Waals surface area contributed by atoms with Crippen LogP contribution in [0.4, 0.5) is 13.2 Å². The van der Waals surface area contributed by atoms with Crippen molar-refractivity contribution in [3.63, 3.8) is 0 Å². The fraction of sp³-hybridized carbons (Fsp3) is 0.273. The van der Waals surface area contributed by atoms with Crippen LogP contribution in [0.1, 0.15) is 6.42 Å². The van der Waals surface area contributed by atoms with E-state index < -0.39 is 32.4 Å². The summed E-state index contributed by atoms with van der Waals surface area (Å²) < 4.78 is 66.4. The van der Waals surface area contributed by atoms with E-state index in [1.165, 1.54) is 17.3 Å². The Labute approximate surface area is 118 Å². The van der Waals surface area contributed by atoms with Gasteiger partial charge in [0.15, 0.2) is 17.5 Å². The van der Waals surface area contributed by atoms with Gasteiger partial charge in [0.05, 0.1) is 0 Å². The molecule has 0 unspecified atom stereocenters. The number of aromatic nitrogens is 3. The van der Waals surface area contributed by atoms with Crippen LogP contribution in [-0.4, -0.2) is 29.7 Å². The normalized spacial score (nSPS) is 11.8. The summed E-state index contributed by atoms with van der Waals surface area (Å²) in [6.45, 7) is 0.392. The van der Waals surface area contributed by atoms with Gasteiger partial charge in [-0.25, -0.2) is 31.3 Å². The third-order valence-corrected chi connectivity index (χ3v) is 4.09. The number of aryl methyl sites for hydroxylation is 1. The van der Waals surface area contributed by atoms with E-state index in [1.807, 2.05) is 0 Å². The van der Waals surface area contributed by atoms with Crippen molar-refractivity contribution in [1.29, 1.82) is 0 Å². The first-order valence-corrected chi connectivity index (χ1v) is 7.35. The van der Waals surface area contributed by atoms with Crippen molar-refractivity contribution in [3.8, 4) is 0 Å². The quantitative estimate of drug-likeness (QED) is 0.638. The van der Waals surface area contributed by atoms with Gasteiger partial charge < -0.3 is 0 Å². The van der Waals surface area contributed by atoms with Crippen LogP contribution in [0.3, 0.4) is 0 Å². The van der Waals surface area contributed by atoms with Gasteiger partial charge >= 0.3 is 0 Å². The molecule has 1 heterocycles. The minimum Gasteiger partial charge on any atom is -0.253 e. The molecule has 0 amide bonds. The van der Waals surface area contributed by atoms with Gasteiger partial charge in [0, 0.05) is 13.1 Å². The second-order valence-electron chi connectivity index (χ2n) is 4.08. The van der Waals surface area contributed by atoms with E-state index in [1.54, 1.807) is 0 Å². The molecule has 0 bridgehead atoms. The molecule has 0 aliphatic heterocycles. The highest BCUT2D eigenvalue weighted by atomic mass is 32.2. The summed E-state index contributed by atoms with van der Waals surface area (Å²) in [5.74, 6) is -5.00. The molecule has 114 valence electrons. The summed E-state index contributed by atoms with van der Waals surface area (Å²) in [6, 6.07) is 1.23. The van der Waals surface area contributed by atoms with Crippen LogP contribution in [0.5, 0.6) is 0 Å². The van der Waals surface area contributed by atoms with E-state index in [0.29, 0.717) is 25.1 Å². The number of benzene rings is 1. The minimum absolute atomic E-state index is 0.0133. The highest BCUT2D eigenvalue weighted by Crippen LogP contribution is 2.19. The maximum Gasteiger partial charge on any atom is 0.243 e. The molecular weight excluding hydrogens is 309 g/mol. The highest BCUT2D eigenvalue weighted by molar-refractivity contribution is 7.89. The van der Waals surface area contributed by atoms with Crippen molar-refractivity contribution in [2.75, 3.05) is 6.54 Å². The molecule has 2 rings (SSSR count). The van der Waals surface area contributed by atoms with Gasteiger partial charge in [0.2, 0.25) is 10.0 Å². The Bertz CT molecular complexity index is 719. The molecular formula is C11H11F3N4O2S. The third-order valence-electron chi connectivity index (χ3n) is 2.61. The molecule has 6 nitrogen and oxygen atoms in total. The molecule has 0 fully saturated rings. The zero-order valence-corrected chi connectivity index (χ0v) is 11.4. The number of sulfonamides is 1. The number of nitrogens with zero attached hydrogens (tertiary/aromatic N) is 3. The second-order valence-corrected chi connectivity index (χ2v) is 5.82. The predicted molar refractivity (Wildman–Crippen MR) is 66.1 cm³/mol. The number of rotatable bonds is 6. The van der Waals surface area contributed by atoms with Crippen LogP contribution < -0.4 is 4.72 Å². The van der Waals surface area contributed by atoms with Gasteiger partial charge in [-0.1, -0.05) is 0 Å². The third kappa shape index (κ3) is 3.58. The van der Waals surface area contributed by atoms with Crippen LogP contribution in [0.25, 0.3) is 0 Å². The summed E-state index contributed by atoms with van der Waals surface area (Å²) in [5, 5.41) is 3.82. The first-order valence-electron chi connectivity index (χ1n) is 5.87. The first-order chi connectivity index (χ1) is 9.92.